The first-order valence-electron chi connectivity index (χ1n) is 8.86. The molecule has 3 rings (SSSR count). The van der Waals surface area contributed by atoms with E-state index in [4.69, 9.17) is 4.74 Å². The third kappa shape index (κ3) is 4.72. The van der Waals surface area contributed by atoms with Crippen LogP contribution in [0.2, 0.25) is 0 Å². The van der Waals surface area contributed by atoms with Crippen molar-refractivity contribution in [3.63, 3.8) is 0 Å². The van der Waals surface area contributed by atoms with Crippen LogP contribution in [0.25, 0.3) is 0 Å². The number of nitrogens with zero attached hydrogens (tertiary/aromatic N) is 3. The molecule has 1 fully saturated rings. The maximum atomic E-state index is 13.1. The molecule has 0 radical (unpaired) electrons. The molecular weight excluding hydrogens is 398 g/mol. The van der Waals surface area contributed by atoms with Crippen LogP contribution in [0.3, 0.4) is 0 Å². The molecule has 0 N–H and O–H groups in total. The molecule has 2 heterocycles. The first-order chi connectivity index (χ1) is 13.4. The van der Waals surface area contributed by atoms with E-state index in [9.17, 15) is 13.2 Å². The normalized spacial score (nSPS) is 16.2. The van der Waals surface area contributed by atoms with Crippen molar-refractivity contribution >= 4 is 27.7 Å². The summed E-state index contributed by atoms with van der Waals surface area (Å²) in [6, 6.07) is 12.7. The zero-order valence-corrected chi connectivity index (χ0v) is 17.4. The lowest BCUT2D eigenvalue weighted by Crippen LogP contribution is -2.42. The second-order valence-corrected chi connectivity index (χ2v) is 9.74. The topological polar surface area (TPSA) is 79.8 Å². The van der Waals surface area contributed by atoms with Gasteiger partial charge in [-0.2, -0.15) is 0 Å². The second-order valence-electron chi connectivity index (χ2n) is 6.47. The van der Waals surface area contributed by atoms with Crippen molar-refractivity contribution < 1.29 is 17.9 Å². The van der Waals surface area contributed by atoms with Crippen molar-refractivity contribution in [1.82, 2.24) is 14.2 Å². The maximum absolute atomic E-state index is 13.1. The molecule has 0 aliphatic carbocycles. The smallest absolute Gasteiger partial charge is 0.244 e. The van der Waals surface area contributed by atoms with Crippen LogP contribution in [0.5, 0.6) is 0 Å². The maximum Gasteiger partial charge on any atom is 0.244 e. The van der Waals surface area contributed by atoms with Crippen LogP contribution in [0.15, 0.2) is 58.6 Å². The van der Waals surface area contributed by atoms with Gasteiger partial charge in [-0.15, -0.1) is 0 Å². The number of aromatic nitrogens is 1. The van der Waals surface area contributed by atoms with E-state index in [0.717, 1.165) is 9.87 Å². The second kappa shape index (κ2) is 9.04. The van der Waals surface area contributed by atoms with Gasteiger partial charge in [-0.25, -0.2) is 17.7 Å². The van der Waals surface area contributed by atoms with Gasteiger partial charge in [-0.1, -0.05) is 42.1 Å². The molecule has 1 atom stereocenters. The van der Waals surface area contributed by atoms with Crippen molar-refractivity contribution in [1.29, 1.82) is 0 Å². The Bertz CT molecular complexity index is 897. The van der Waals surface area contributed by atoms with E-state index in [0.29, 0.717) is 31.3 Å². The highest BCUT2D eigenvalue weighted by Gasteiger charge is 2.28. The molecule has 28 heavy (non-hydrogen) atoms. The van der Waals surface area contributed by atoms with E-state index < -0.39 is 15.3 Å². The summed E-state index contributed by atoms with van der Waals surface area (Å²) in [5, 5.41) is 0.135. The molecule has 0 saturated carbocycles. The number of ether oxygens (including phenoxy) is 1. The van der Waals surface area contributed by atoms with E-state index in [1.165, 1.54) is 38.1 Å². The lowest BCUT2D eigenvalue weighted by atomic mass is 10.1. The molecule has 0 bridgehead atoms. The molecule has 1 aromatic heterocycles. The van der Waals surface area contributed by atoms with E-state index in [2.05, 4.69) is 4.98 Å². The molecular formula is C19H23N3O4S2. The quantitative estimate of drug-likeness (QED) is 0.664. The van der Waals surface area contributed by atoms with Crippen molar-refractivity contribution in [2.75, 3.05) is 40.4 Å². The third-order valence-electron chi connectivity index (χ3n) is 4.38. The van der Waals surface area contributed by atoms with Gasteiger partial charge in [0.05, 0.1) is 18.2 Å². The monoisotopic (exact) mass is 421 g/mol. The lowest BCUT2D eigenvalue weighted by Gasteiger charge is -2.30. The number of sulfonamides is 1. The highest BCUT2D eigenvalue weighted by atomic mass is 32.2. The molecule has 1 aliphatic rings. The highest BCUT2D eigenvalue weighted by molar-refractivity contribution is 8.00. The fraction of sp³-hybridized carbons (Fsp3) is 0.368. The molecule has 2 aromatic rings. The molecule has 7 nitrogen and oxygen atoms in total. The number of amides is 1. The summed E-state index contributed by atoms with van der Waals surface area (Å²) in [4.78, 5) is 19.3. The van der Waals surface area contributed by atoms with E-state index in [1.54, 1.807) is 11.0 Å². The van der Waals surface area contributed by atoms with Gasteiger partial charge < -0.3 is 9.64 Å². The Morgan fingerprint density at radius 2 is 1.82 bits per heavy atom. The number of hydrogen-bond acceptors (Lipinski definition) is 6. The lowest BCUT2D eigenvalue weighted by molar-refractivity contribution is -0.134. The first-order valence-corrected chi connectivity index (χ1v) is 11.2. The predicted molar refractivity (Wildman–Crippen MR) is 108 cm³/mol. The fourth-order valence-electron chi connectivity index (χ4n) is 2.76. The number of carbonyl (C=O) groups excluding carboxylic acids is 1. The number of morpholine rings is 1. The molecule has 9 heteroatoms. The minimum atomic E-state index is -3.54. The van der Waals surface area contributed by atoms with Crippen molar-refractivity contribution in [2.24, 2.45) is 0 Å². The highest BCUT2D eigenvalue weighted by Crippen LogP contribution is 2.36. The average Bonchev–Trinajstić information content (AvgIpc) is 2.73. The zero-order chi connectivity index (χ0) is 20.1. The Balaban J connectivity index is 1.84. The van der Waals surface area contributed by atoms with Gasteiger partial charge in [0.2, 0.25) is 15.9 Å². The zero-order valence-electron chi connectivity index (χ0n) is 15.8. The van der Waals surface area contributed by atoms with Crippen LogP contribution >= 0.6 is 11.8 Å². The van der Waals surface area contributed by atoms with Crippen molar-refractivity contribution in [3.05, 3.63) is 54.2 Å². The molecule has 150 valence electrons. The van der Waals surface area contributed by atoms with Gasteiger partial charge in [-0.05, 0) is 17.7 Å². The van der Waals surface area contributed by atoms with Gasteiger partial charge in [0.25, 0.3) is 0 Å². The number of carbonyl (C=O) groups is 1. The molecule has 1 aliphatic heterocycles. The van der Waals surface area contributed by atoms with Crippen LogP contribution in [-0.2, 0) is 19.6 Å². The van der Waals surface area contributed by atoms with Crippen LogP contribution in [0.4, 0.5) is 0 Å². The molecule has 0 unspecified atom stereocenters. The van der Waals surface area contributed by atoms with Crippen molar-refractivity contribution in [3.8, 4) is 0 Å². The number of pyridine rings is 1. The van der Waals surface area contributed by atoms with Gasteiger partial charge >= 0.3 is 0 Å². The van der Waals surface area contributed by atoms with E-state index >= 15 is 0 Å². The van der Waals surface area contributed by atoms with Crippen LogP contribution < -0.4 is 0 Å². The average molecular weight is 422 g/mol. The summed E-state index contributed by atoms with van der Waals surface area (Å²) >= 11 is 1.32. The van der Waals surface area contributed by atoms with Crippen LogP contribution in [0.1, 0.15) is 10.8 Å². The molecule has 1 amide bonds. The predicted octanol–water partition coefficient (Wildman–Crippen LogP) is 2.02. The summed E-state index contributed by atoms with van der Waals surface area (Å²) in [7, 11) is -0.582. The van der Waals surface area contributed by atoms with Gasteiger partial charge in [0.15, 0.2) is 0 Å². The van der Waals surface area contributed by atoms with Crippen molar-refractivity contribution in [2.45, 2.75) is 15.2 Å². The van der Waals surface area contributed by atoms with Gasteiger partial charge in [0, 0.05) is 33.4 Å². The summed E-state index contributed by atoms with van der Waals surface area (Å²) in [5.74, 6) is 0.00582. The SMILES string of the molecule is CN(C)S(=O)(=O)c1ccc(S[C@H](C(=O)N2CCOCC2)c2ccccc2)nc1. The number of hydrogen-bond donors (Lipinski definition) is 0. The minimum absolute atomic E-state index is 0.00582. The van der Waals surface area contributed by atoms with Gasteiger partial charge in [0.1, 0.15) is 10.1 Å². The Kier molecular flexibility index (Phi) is 6.71. The number of benzene rings is 1. The molecule has 1 saturated heterocycles. The Labute approximate surface area is 169 Å². The Morgan fingerprint density at radius 1 is 1.14 bits per heavy atom. The number of thioether (sulfide) groups is 1. The summed E-state index contributed by atoms with van der Waals surface area (Å²) in [6.45, 7) is 2.20. The van der Waals surface area contributed by atoms with Crippen LogP contribution in [0, 0.1) is 0 Å². The molecule has 1 aromatic carbocycles. The number of rotatable bonds is 6. The fourth-order valence-corrected chi connectivity index (χ4v) is 4.65. The minimum Gasteiger partial charge on any atom is -0.378 e. The van der Waals surface area contributed by atoms with Crippen LogP contribution in [-0.4, -0.2) is 68.9 Å². The summed E-state index contributed by atoms with van der Waals surface area (Å²) in [5.41, 5.74) is 0.885. The Hall–Kier alpha value is -1.94. The Morgan fingerprint density at radius 3 is 2.39 bits per heavy atom. The van der Waals surface area contributed by atoms with E-state index in [1.807, 2.05) is 30.3 Å². The summed E-state index contributed by atoms with van der Waals surface area (Å²) < 4.78 is 30.9. The standard InChI is InChI=1S/C19H23N3O4S2/c1-21(2)28(24,25)16-8-9-17(20-14-16)27-18(15-6-4-3-5-7-15)19(23)22-10-12-26-13-11-22/h3-9,14,18H,10-13H2,1-2H3/t18-/m0/s1. The largest absolute Gasteiger partial charge is 0.378 e. The van der Waals surface area contributed by atoms with E-state index in [-0.39, 0.29) is 10.8 Å². The van der Waals surface area contributed by atoms with Gasteiger partial charge in [-0.3, -0.25) is 4.79 Å². The third-order valence-corrected chi connectivity index (χ3v) is 7.37. The summed E-state index contributed by atoms with van der Waals surface area (Å²) in [6.07, 6.45) is 1.33. The molecule has 0 spiro atoms. The first kappa shape index (κ1) is 20.8.